The second-order valence-corrected chi connectivity index (χ2v) is 10.1. The van der Waals surface area contributed by atoms with Crippen LogP contribution in [0.1, 0.15) is 43.7 Å². The Hall–Kier alpha value is -2.48. The lowest BCUT2D eigenvalue weighted by Crippen LogP contribution is -2.52. The Morgan fingerprint density at radius 1 is 1.15 bits per heavy atom. The average Bonchev–Trinajstić information content (AvgIpc) is 3.52. The van der Waals surface area contributed by atoms with E-state index in [9.17, 15) is 4.79 Å². The van der Waals surface area contributed by atoms with Crippen molar-refractivity contribution < 1.29 is 28.5 Å². The molecule has 6 rings (SSSR count). The number of carbonyl (C=O) groups excluding carboxylic acids is 1. The summed E-state index contributed by atoms with van der Waals surface area (Å²) < 4.78 is 29.9. The fourth-order valence-corrected chi connectivity index (χ4v) is 6.35. The summed E-state index contributed by atoms with van der Waals surface area (Å²) in [5, 5.41) is 0. The van der Waals surface area contributed by atoms with Gasteiger partial charge < -0.3 is 28.6 Å². The molecule has 1 aliphatic carbocycles. The van der Waals surface area contributed by atoms with Gasteiger partial charge in [-0.3, -0.25) is 0 Å². The summed E-state index contributed by atoms with van der Waals surface area (Å²) in [5.41, 5.74) is 1.97. The Morgan fingerprint density at radius 3 is 2.68 bits per heavy atom. The number of alkyl halides is 1. The molecule has 4 aliphatic rings. The smallest absolute Gasteiger partial charge is 0.415 e. The summed E-state index contributed by atoms with van der Waals surface area (Å²) in [6, 6.07) is 13.1. The van der Waals surface area contributed by atoms with Crippen LogP contribution in [-0.4, -0.2) is 48.4 Å². The first-order chi connectivity index (χ1) is 16.4. The number of benzene rings is 2. The number of rotatable bonds is 3. The Labute approximate surface area is 203 Å². The third kappa shape index (κ3) is 3.70. The molecule has 2 aromatic rings. The van der Waals surface area contributed by atoms with Crippen molar-refractivity contribution in [3.63, 3.8) is 0 Å². The number of carbonyl (C=O) groups is 1. The number of fused-ring (bicyclic) bond motifs is 3. The molecule has 7 nitrogen and oxygen atoms in total. The molecule has 34 heavy (non-hydrogen) atoms. The lowest BCUT2D eigenvalue weighted by Gasteiger charge is -2.43. The van der Waals surface area contributed by atoms with Crippen LogP contribution in [0.4, 0.5) is 4.79 Å². The zero-order chi connectivity index (χ0) is 23.4. The van der Waals surface area contributed by atoms with Gasteiger partial charge in [0, 0.05) is 24.4 Å². The van der Waals surface area contributed by atoms with Crippen molar-refractivity contribution in [1.29, 1.82) is 0 Å². The molecule has 0 aromatic heterocycles. The molecular formula is C26H28ClNO6. The monoisotopic (exact) mass is 485 g/mol. The maximum Gasteiger partial charge on any atom is 0.415 e. The van der Waals surface area contributed by atoms with E-state index in [4.69, 9.17) is 35.3 Å². The van der Waals surface area contributed by atoms with Crippen LogP contribution in [0.25, 0.3) is 0 Å². The standard InChI is InChI=1S/C26H28ClNO6/c1-26(2)33-21-10-15-8-9-28(25(29)32-17-6-4-3-5-7-17)23(15)22(24(21)34-26)18-12-20-19(30-14-31-20)11-16(18)13-27/h3-7,11-12,15,21-24H,8-10,13-14H2,1-2H3/t15-,21+,22+,23-,24+/m1/s1. The number of ether oxygens (including phenoxy) is 5. The molecule has 8 heteroatoms. The van der Waals surface area contributed by atoms with E-state index < -0.39 is 5.79 Å². The molecule has 2 aromatic carbocycles. The molecule has 0 unspecified atom stereocenters. The molecule has 1 amide bonds. The van der Waals surface area contributed by atoms with Gasteiger partial charge in [0.25, 0.3) is 0 Å². The van der Waals surface area contributed by atoms with E-state index in [1.165, 1.54) is 0 Å². The molecule has 1 saturated carbocycles. The normalized spacial score (nSPS) is 30.7. The maximum atomic E-state index is 13.4. The summed E-state index contributed by atoms with van der Waals surface area (Å²) in [6.07, 6.45) is 1.11. The third-order valence-electron chi connectivity index (χ3n) is 7.38. The van der Waals surface area contributed by atoms with Crippen molar-refractivity contribution in [1.82, 2.24) is 4.90 Å². The number of para-hydroxylation sites is 1. The topological polar surface area (TPSA) is 66.5 Å². The summed E-state index contributed by atoms with van der Waals surface area (Å²) in [5.74, 6) is 1.67. The van der Waals surface area contributed by atoms with Gasteiger partial charge in [-0.1, -0.05) is 18.2 Å². The Morgan fingerprint density at radius 2 is 1.91 bits per heavy atom. The van der Waals surface area contributed by atoms with Gasteiger partial charge in [0.15, 0.2) is 17.3 Å². The van der Waals surface area contributed by atoms with Crippen LogP contribution in [0.5, 0.6) is 17.2 Å². The molecule has 0 spiro atoms. The SMILES string of the molecule is CC1(C)O[C@@H]2[C@@H](c3cc4c(cc3CCl)OCO4)[C@H]3[C@H](CCN3C(=O)Oc3ccccc3)C[C@@H]2O1. The van der Waals surface area contributed by atoms with Gasteiger partial charge in [-0.25, -0.2) is 4.79 Å². The highest BCUT2D eigenvalue weighted by atomic mass is 35.5. The van der Waals surface area contributed by atoms with Crippen molar-refractivity contribution in [2.75, 3.05) is 13.3 Å². The average molecular weight is 486 g/mol. The van der Waals surface area contributed by atoms with E-state index in [0.29, 0.717) is 29.7 Å². The van der Waals surface area contributed by atoms with Crippen molar-refractivity contribution in [3.8, 4) is 17.2 Å². The van der Waals surface area contributed by atoms with E-state index in [1.807, 2.05) is 49.1 Å². The zero-order valence-electron chi connectivity index (χ0n) is 19.2. The lowest BCUT2D eigenvalue weighted by atomic mass is 9.70. The quantitative estimate of drug-likeness (QED) is 0.567. The first-order valence-corrected chi connectivity index (χ1v) is 12.3. The summed E-state index contributed by atoms with van der Waals surface area (Å²) in [4.78, 5) is 15.2. The Bertz CT molecular complexity index is 1090. The number of halogens is 1. The largest absolute Gasteiger partial charge is 0.454 e. The summed E-state index contributed by atoms with van der Waals surface area (Å²) in [7, 11) is 0. The molecule has 3 aliphatic heterocycles. The fourth-order valence-electron chi connectivity index (χ4n) is 6.11. The second kappa shape index (κ2) is 8.33. The van der Waals surface area contributed by atoms with Crippen LogP contribution in [0, 0.1) is 5.92 Å². The molecule has 0 bridgehead atoms. The van der Waals surface area contributed by atoms with Gasteiger partial charge in [-0.15, -0.1) is 11.6 Å². The van der Waals surface area contributed by atoms with E-state index >= 15 is 0 Å². The van der Waals surface area contributed by atoms with Crippen molar-refractivity contribution in [3.05, 3.63) is 53.6 Å². The maximum absolute atomic E-state index is 13.4. The van der Waals surface area contributed by atoms with Crippen LogP contribution < -0.4 is 14.2 Å². The zero-order valence-corrected chi connectivity index (χ0v) is 20.0. The molecule has 0 radical (unpaired) electrons. The first kappa shape index (κ1) is 22.0. The molecular weight excluding hydrogens is 458 g/mol. The van der Waals surface area contributed by atoms with Gasteiger partial charge in [0.2, 0.25) is 6.79 Å². The highest BCUT2D eigenvalue weighted by Crippen LogP contribution is 2.53. The number of amides is 1. The predicted molar refractivity (Wildman–Crippen MR) is 124 cm³/mol. The van der Waals surface area contributed by atoms with Gasteiger partial charge in [-0.2, -0.15) is 0 Å². The van der Waals surface area contributed by atoms with Crippen LogP contribution in [0.15, 0.2) is 42.5 Å². The van der Waals surface area contributed by atoms with E-state index in [-0.39, 0.29) is 43.0 Å². The highest BCUT2D eigenvalue weighted by Gasteiger charge is 2.58. The molecule has 2 saturated heterocycles. The van der Waals surface area contributed by atoms with Gasteiger partial charge in [0.1, 0.15) is 5.75 Å². The van der Waals surface area contributed by atoms with Crippen molar-refractivity contribution in [2.45, 2.75) is 62.5 Å². The minimum Gasteiger partial charge on any atom is -0.454 e. The molecule has 180 valence electrons. The highest BCUT2D eigenvalue weighted by molar-refractivity contribution is 6.17. The van der Waals surface area contributed by atoms with E-state index in [0.717, 1.165) is 24.0 Å². The fraction of sp³-hybridized carbons (Fsp3) is 0.500. The van der Waals surface area contributed by atoms with Gasteiger partial charge in [0.05, 0.1) is 12.2 Å². The summed E-state index contributed by atoms with van der Waals surface area (Å²) >= 11 is 6.43. The summed E-state index contributed by atoms with van der Waals surface area (Å²) in [6.45, 7) is 4.70. The van der Waals surface area contributed by atoms with Crippen LogP contribution in [0.3, 0.4) is 0 Å². The minimum atomic E-state index is -0.695. The number of hydrogen-bond donors (Lipinski definition) is 0. The third-order valence-corrected chi connectivity index (χ3v) is 7.67. The van der Waals surface area contributed by atoms with E-state index in [1.54, 1.807) is 12.1 Å². The molecule has 0 N–H and O–H groups in total. The van der Waals surface area contributed by atoms with Crippen LogP contribution >= 0.6 is 11.6 Å². The molecule has 3 heterocycles. The predicted octanol–water partition coefficient (Wildman–Crippen LogP) is 5.05. The van der Waals surface area contributed by atoms with Gasteiger partial charge in [-0.05, 0) is 68.0 Å². The number of likely N-dealkylation sites (tertiary alicyclic amines) is 1. The Balaban J connectivity index is 1.40. The Kier molecular flexibility index (Phi) is 5.39. The van der Waals surface area contributed by atoms with E-state index in [2.05, 4.69) is 0 Å². The number of nitrogens with zero attached hydrogens (tertiary/aromatic N) is 1. The molecule has 5 atom stereocenters. The van der Waals surface area contributed by atoms with Crippen LogP contribution in [-0.2, 0) is 15.4 Å². The van der Waals surface area contributed by atoms with Crippen LogP contribution in [0.2, 0.25) is 0 Å². The molecule has 3 fully saturated rings. The second-order valence-electron chi connectivity index (χ2n) is 9.85. The number of hydrogen-bond acceptors (Lipinski definition) is 6. The first-order valence-electron chi connectivity index (χ1n) is 11.8. The van der Waals surface area contributed by atoms with Crippen molar-refractivity contribution in [2.24, 2.45) is 5.92 Å². The minimum absolute atomic E-state index is 0.0556. The lowest BCUT2D eigenvalue weighted by molar-refractivity contribution is -0.147. The van der Waals surface area contributed by atoms with Gasteiger partial charge >= 0.3 is 6.09 Å². The van der Waals surface area contributed by atoms with Crippen molar-refractivity contribution >= 4 is 17.7 Å².